The maximum atomic E-state index is 14.0. The van der Waals surface area contributed by atoms with Crippen molar-refractivity contribution < 1.29 is 28.8 Å². The first kappa shape index (κ1) is 43.0. The van der Waals surface area contributed by atoms with Gasteiger partial charge in [-0.1, -0.05) is 53.9 Å². The molecule has 0 aliphatic carbocycles. The third-order valence-electron chi connectivity index (χ3n) is 11.3. The topological polar surface area (TPSA) is 132 Å². The van der Waals surface area contributed by atoms with Crippen LogP contribution in [0.2, 0.25) is 5.02 Å². The number of piperidine rings is 1. The highest BCUT2D eigenvalue weighted by Crippen LogP contribution is 2.45. The average molecular weight is 873 g/mol. The number of carbonyl (C=O) groups is 1. The zero-order valence-corrected chi connectivity index (χ0v) is 36.9. The quantitative estimate of drug-likeness (QED) is 0.106. The standard InChI is InChI=1S/C48H49ClN6O6S/c1-5-9-41-42-36-14-13-32(44(49)30(36)3)27-55(23-22-54-20-17-35(56)18-21-54)26-31-12-15-38(60-28-34-16-19-50-45(53-34)37-10-7-8-11-39(37)58-4)33(24-31)25-40(48(57)59-6-2)61-46-43(42)47(62-41)52-29-51-46/h7-8,10-16,19,24,29,35,40,56H,6,17-18,20-23,25-28H2,1-4H3/t40-/m1/s1. The Labute approximate surface area is 370 Å². The summed E-state index contributed by atoms with van der Waals surface area (Å²) in [6, 6.07) is 19.7. The van der Waals surface area contributed by atoms with Crippen LogP contribution in [0.15, 0.2) is 73.2 Å². The van der Waals surface area contributed by atoms with Crippen molar-refractivity contribution in [1.82, 2.24) is 29.7 Å². The molecule has 12 nitrogen and oxygen atoms in total. The third-order valence-corrected chi connectivity index (χ3v) is 12.8. The van der Waals surface area contributed by atoms with E-state index in [1.54, 1.807) is 27.2 Å². The Balaban J connectivity index is 1.22. The fourth-order valence-electron chi connectivity index (χ4n) is 8.09. The molecular formula is C48H49ClN6O6S. The predicted octanol–water partition coefficient (Wildman–Crippen LogP) is 8.06. The molecule has 1 fully saturated rings. The Morgan fingerprint density at radius 2 is 1.81 bits per heavy atom. The van der Waals surface area contributed by atoms with Gasteiger partial charge in [0.15, 0.2) is 5.82 Å². The van der Waals surface area contributed by atoms with E-state index in [9.17, 15) is 9.90 Å². The molecule has 320 valence electrons. The number of methoxy groups -OCH3 is 1. The molecule has 1 N–H and O–H groups in total. The molecule has 6 aromatic rings. The summed E-state index contributed by atoms with van der Waals surface area (Å²) in [7, 11) is 1.62. The fraction of sp³-hybridized carbons (Fsp3) is 0.354. The molecule has 0 saturated carbocycles. The lowest BCUT2D eigenvalue weighted by Crippen LogP contribution is -2.40. The number of nitrogens with zero attached hydrogens (tertiary/aromatic N) is 6. The number of rotatable bonds is 10. The van der Waals surface area contributed by atoms with Gasteiger partial charge in [0, 0.05) is 62.5 Å². The van der Waals surface area contributed by atoms with E-state index in [1.165, 1.54) is 17.7 Å². The van der Waals surface area contributed by atoms with Crippen molar-refractivity contribution in [2.75, 3.05) is 39.9 Å². The largest absolute Gasteiger partial charge is 0.496 e. The van der Waals surface area contributed by atoms with Gasteiger partial charge in [-0.15, -0.1) is 17.3 Å². The lowest BCUT2D eigenvalue weighted by Gasteiger charge is -2.32. The highest BCUT2D eigenvalue weighted by molar-refractivity contribution is 7.19. The van der Waals surface area contributed by atoms with Gasteiger partial charge in [-0.05, 0) is 85.7 Å². The second-order valence-corrected chi connectivity index (χ2v) is 16.8. The highest BCUT2D eigenvalue weighted by Gasteiger charge is 2.30. The van der Waals surface area contributed by atoms with E-state index in [4.69, 9.17) is 35.5 Å². The molecule has 0 radical (unpaired) electrons. The summed E-state index contributed by atoms with van der Waals surface area (Å²) < 4.78 is 24.5. The van der Waals surface area contributed by atoms with Crippen molar-refractivity contribution in [3.8, 4) is 51.7 Å². The molecule has 4 bridgehead atoms. The molecule has 0 spiro atoms. The molecule has 6 heterocycles. The van der Waals surface area contributed by atoms with Crippen LogP contribution in [0, 0.1) is 18.8 Å². The van der Waals surface area contributed by atoms with Crippen molar-refractivity contribution in [2.45, 2.75) is 71.9 Å². The van der Waals surface area contributed by atoms with Crippen molar-refractivity contribution in [2.24, 2.45) is 0 Å². The van der Waals surface area contributed by atoms with Gasteiger partial charge in [-0.25, -0.2) is 24.7 Å². The molecule has 1 saturated heterocycles. The number of esters is 1. The number of halogens is 1. The summed E-state index contributed by atoms with van der Waals surface area (Å²) in [5, 5.41) is 11.5. The maximum absolute atomic E-state index is 14.0. The number of thiophene rings is 1. The normalized spacial score (nSPS) is 16.1. The number of ether oxygens (including phenoxy) is 4. The summed E-state index contributed by atoms with van der Waals surface area (Å²) in [5.74, 6) is 7.82. The van der Waals surface area contributed by atoms with Crippen LogP contribution in [-0.2, 0) is 35.6 Å². The second-order valence-electron chi connectivity index (χ2n) is 15.4. The number of aliphatic hydroxyl groups excluding tert-OH is 1. The van der Waals surface area contributed by atoms with Crippen LogP contribution in [0.25, 0.3) is 32.7 Å². The van der Waals surface area contributed by atoms with E-state index in [0.29, 0.717) is 51.3 Å². The highest BCUT2D eigenvalue weighted by atomic mass is 35.5. The average Bonchev–Trinajstić information content (AvgIpc) is 3.65. The fourth-order valence-corrected chi connectivity index (χ4v) is 9.37. The summed E-state index contributed by atoms with van der Waals surface area (Å²) in [6.07, 6.45) is 3.48. The van der Waals surface area contributed by atoms with Crippen LogP contribution in [-0.4, -0.2) is 92.9 Å². The second kappa shape index (κ2) is 19.6. The van der Waals surface area contributed by atoms with Crippen molar-refractivity contribution in [3.63, 3.8) is 0 Å². The van der Waals surface area contributed by atoms with E-state index in [0.717, 1.165) is 82.8 Å². The molecule has 3 aliphatic rings. The monoisotopic (exact) mass is 872 g/mol. The number of carbonyl (C=O) groups excluding carboxylic acids is 1. The summed E-state index contributed by atoms with van der Waals surface area (Å²) in [6.45, 7) is 10.4. The number of hydrogen-bond donors (Lipinski definition) is 1. The van der Waals surface area contributed by atoms with E-state index in [1.807, 2.05) is 43.3 Å². The Hall–Kier alpha value is -5.62. The Morgan fingerprint density at radius 3 is 2.61 bits per heavy atom. The van der Waals surface area contributed by atoms with Gasteiger partial charge in [0.2, 0.25) is 12.0 Å². The smallest absolute Gasteiger partial charge is 0.347 e. The van der Waals surface area contributed by atoms with E-state index >= 15 is 0 Å². The molecule has 9 rings (SSSR count). The van der Waals surface area contributed by atoms with Crippen LogP contribution >= 0.6 is 22.9 Å². The Kier molecular flexibility index (Phi) is 13.6. The number of benzene rings is 3. The molecular weight excluding hydrogens is 824 g/mol. The van der Waals surface area contributed by atoms with Crippen LogP contribution in [0.5, 0.6) is 17.4 Å². The van der Waals surface area contributed by atoms with Crippen LogP contribution in [0.3, 0.4) is 0 Å². The van der Waals surface area contributed by atoms with Crippen molar-refractivity contribution in [1.29, 1.82) is 0 Å². The zero-order valence-electron chi connectivity index (χ0n) is 35.3. The van der Waals surface area contributed by atoms with Gasteiger partial charge < -0.3 is 29.0 Å². The van der Waals surface area contributed by atoms with Gasteiger partial charge >= 0.3 is 5.97 Å². The first-order valence-corrected chi connectivity index (χ1v) is 22.1. The lowest BCUT2D eigenvalue weighted by atomic mass is 9.96. The number of aromatic nitrogens is 4. The number of para-hydroxylation sites is 1. The van der Waals surface area contributed by atoms with Crippen LogP contribution < -0.4 is 14.2 Å². The minimum absolute atomic E-state index is 0.125. The number of aliphatic hydroxyl groups is 1. The summed E-state index contributed by atoms with van der Waals surface area (Å²) >= 11 is 8.77. The molecule has 62 heavy (non-hydrogen) atoms. The van der Waals surface area contributed by atoms with Crippen molar-refractivity contribution in [3.05, 3.63) is 111 Å². The molecule has 3 aromatic heterocycles. The van der Waals surface area contributed by atoms with Crippen molar-refractivity contribution >= 4 is 39.1 Å². The summed E-state index contributed by atoms with van der Waals surface area (Å²) in [5.41, 5.74) is 6.81. The zero-order chi connectivity index (χ0) is 43.2. The first-order valence-electron chi connectivity index (χ1n) is 20.9. The number of likely N-dealkylation sites (tertiary alicyclic amines) is 1. The number of fused-ring (bicyclic) bond motifs is 6. The van der Waals surface area contributed by atoms with E-state index in [2.05, 4.69) is 60.9 Å². The SMILES string of the molecule is CC#Cc1sc2ncnc3c2c1-c1ccc(c(Cl)c1C)CN(CCN1CCC(O)CC1)Cc1ccc(OCc2ccnc(-c4ccccc4OC)n2)c(c1)C[C@H](C(=O)OCC)O3. The van der Waals surface area contributed by atoms with Crippen LogP contribution in [0.1, 0.15) is 59.5 Å². The Bertz CT molecular complexity index is 2640. The van der Waals surface area contributed by atoms with E-state index in [-0.39, 0.29) is 31.6 Å². The molecule has 14 heteroatoms. The molecule has 1 atom stereocenters. The maximum Gasteiger partial charge on any atom is 0.347 e. The third kappa shape index (κ3) is 9.55. The van der Waals surface area contributed by atoms with Gasteiger partial charge in [-0.2, -0.15) is 0 Å². The minimum Gasteiger partial charge on any atom is -0.496 e. The molecule has 3 aliphatic heterocycles. The molecule has 3 aromatic carbocycles. The van der Waals surface area contributed by atoms with Gasteiger partial charge in [0.1, 0.15) is 29.3 Å². The Morgan fingerprint density at radius 1 is 0.984 bits per heavy atom. The number of hydrogen-bond acceptors (Lipinski definition) is 13. The lowest BCUT2D eigenvalue weighted by molar-refractivity contribution is -0.151. The molecule has 0 unspecified atom stereocenters. The first-order chi connectivity index (χ1) is 30.2. The van der Waals surface area contributed by atoms with Gasteiger partial charge in [0.25, 0.3) is 0 Å². The van der Waals surface area contributed by atoms with E-state index < -0.39 is 12.1 Å². The van der Waals surface area contributed by atoms with Gasteiger partial charge in [-0.3, -0.25) is 4.90 Å². The predicted molar refractivity (Wildman–Crippen MR) is 240 cm³/mol. The minimum atomic E-state index is -1.10. The van der Waals surface area contributed by atoms with Crippen LogP contribution in [0.4, 0.5) is 0 Å². The molecule has 0 amide bonds. The summed E-state index contributed by atoms with van der Waals surface area (Å²) in [4.78, 5) is 38.8. The van der Waals surface area contributed by atoms with Gasteiger partial charge in [0.05, 0.1) is 41.3 Å².